The molecule has 0 spiro atoms. The predicted molar refractivity (Wildman–Crippen MR) is 72.0 cm³/mol. The van der Waals surface area contributed by atoms with Crippen molar-refractivity contribution >= 4 is 22.4 Å². The highest BCUT2D eigenvalue weighted by atomic mass is 32.1. The number of aryl methyl sites for hydroxylation is 1. The van der Waals surface area contributed by atoms with Gasteiger partial charge in [0, 0.05) is 31.9 Å². The summed E-state index contributed by atoms with van der Waals surface area (Å²) in [6.07, 6.45) is 3.60. The van der Waals surface area contributed by atoms with Crippen LogP contribution in [0.1, 0.15) is 17.6 Å². The minimum Gasteiger partial charge on any atom is -0.480 e. The van der Waals surface area contributed by atoms with Gasteiger partial charge in [0.1, 0.15) is 11.9 Å². The molecule has 2 heterocycles. The second-order valence-corrected chi connectivity index (χ2v) is 5.02. The van der Waals surface area contributed by atoms with Gasteiger partial charge in [-0.15, -0.1) is 11.3 Å². The van der Waals surface area contributed by atoms with Crippen LogP contribution in [0.25, 0.3) is 0 Å². The molecular weight excluding hydrogens is 266 g/mol. The Balaban J connectivity index is 2.10. The molecule has 2 aromatic heterocycles. The Bertz CT molecular complexity index is 579. The number of carboxylic acids is 1. The van der Waals surface area contributed by atoms with Crippen LogP contribution in [-0.2, 0) is 18.4 Å². The van der Waals surface area contributed by atoms with Crippen molar-refractivity contribution in [3.05, 3.63) is 29.3 Å². The van der Waals surface area contributed by atoms with E-state index in [-0.39, 0.29) is 0 Å². The number of rotatable bonds is 5. The summed E-state index contributed by atoms with van der Waals surface area (Å²) in [5, 5.41) is 11.2. The number of aliphatic carboxylic acids is 1. The zero-order chi connectivity index (χ0) is 14.0. The monoisotopic (exact) mass is 281 g/mol. The summed E-state index contributed by atoms with van der Waals surface area (Å²) < 4.78 is 1.92. The van der Waals surface area contributed by atoms with Crippen LogP contribution in [0.3, 0.4) is 0 Å². The van der Waals surface area contributed by atoms with Gasteiger partial charge in [0.2, 0.25) is 0 Å². The lowest BCUT2D eigenvalue weighted by Gasteiger charge is -2.15. The molecule has 0 bridgehead atoms. The van der Waals surface area contributed by atoms with E-state index >= 15 is 0 Å². The van der Waals surface area contributed by atoms with Crippen LogP contribution in [0, 0.1) is 0 Å². The average molecular weight is 281 g/mol. The summed E-state index contributed by atoms with van der Waals surface area (Å²) in [5.74, 6) is -0.176. The molecule has 1 unspecified atom stereocenters. The van der Waals surface area contributed by atoms with Crippen molar-refractivity contribution in [3.8, 4) is 0 Å². The molecule has 0 aromatic carbocycles. The molecule has 0 saturated carbocycles. The molecule has 8 heteroatoms. The van der Waals surface area contributed by atoms with Crippen molar-refractivity contribution in [2.75, 3.05) is 11.9 Å². The number of hydrogen-bond acceptors (Lipinski definition) is 6. The molecule has 3 N–H and O–H groups in total. The number of nitrogens with two attached hydrogens (primary N) is 1. The van der Waals surface area contributed by atoms with Gasteiger partial charge >= 0.3 is 5.97 Å². The molecule has 0 aliphatic carbocycles. The van der Waals surface area contributed by atoms with Crippen LogP contribution in [0.4, 0.5) is 5.13 Å². The number of thiazole rings is 1. The third kappa shape index (κ3) is 2.91. The zero-order valence-electron chi connectivity index (χ0n) is 10.6. The number of nitrogens with zero attached hydrogens (tertiary/aromatic N) is 4. The molecule has 7 nitrogen and oxygen atoms in total. The fourth-order valence-electron chi connectivity index (χ4n) is 1.55. The number of carbonyl (C=O) groups is 1. The first kappa shape index (κ1) is 13.5. The molecule has 102 valence electrons. The van der Waals surface area contributed by atoms with E-state index in [0.717, 1.165) is 11.0 Å². The second-order valence-electron chi connectivity index (χ2n) is 4.18. The molecule has 1 atom stereocenters. The molecule has 2 aromatic rings. The molecular formula is C11H15N5O2S. The lowest BCUT2D eigenvalue weighted by molar-refractivity contribution is -0.138. The van der Waals surface area contributed by atoms with Crippen molar-refractivity contribution in [1.29, 1.82) is 0 Å². The van der Waals surface area contributed by atoms with E-state index in [1.807, 2.05) is 29.8 Å². The van der Waals surface area contributed by atoms with E-state index in [9.17, 15) is 4.79 Å². The smallest absolute Gasteiger partial charge is 0.326 e. The standard InChI is InChI=1S/C11H15N5O2S/c1-15-4-3-13-8(15)5-16(2)11-14-7(6-19-11)9(12)10(17)18/h3-4,6,9H,5,12H2,1-2H3,(H,17,18). The van der Waals surface area contributed by atoms with Gasteiger partial charge in [-0.2, -0.15) is 0 Å². The van der Waals surface area contributed by atoms with Crippen molar-refractivity contribution in [2.24, 2.45) is 12.8 Å². The Labute approximate surface area is 114 Å². The Kier molecular flexibility index (Phi) is 3.82. The first-order valence-corrected chi connectivity index (χ1v) is 6.48. The summed E-state index contributed by atoms with van der Waals surface area (Å²) in [4.78, 5) is 21.2. The summed E-state index contributed by atoms with van der Waals surface area (Å²) in [7, 11) is 3.80. The minimum absolute atomic E-state index is 0.374. The highest BCUT2D eigenvalue weighted by molar-refractivity contribution is 7.13. The molecule has 0 fully saturated rings. The third-order valence-corrected chi connectivity index (χ3v) is 3.69. The quantitative estimate of drug-likeness (QED) is 0.833. The Hall–Kier alpha value is -1.93. The van der Waals surface area contributed by atoms with Gasteiger partial charge in [0.25, 0.3) is 0 Å². The van der Waals surface area contributed by atoms with Gasteiger partial charge in [-0.1, -0.05) is 0 Å². The van der Waals surface area contributed by atoms with Crippen LogP contribution >= 0.6 is 11.3 Å². The van der Waals surface area contributed by atoms with E-state index in [1.54, 1.807) is 11.6 Å². The Morgan fingerprint density at radius 1 is 1.68 bits per heavy atom. The van der Waals surface area contributed by atoms with Crippen LogP contribution in [-0.4, -0.2) is 32.7 Å². The van der Waals surface area contributed by atoms with Crippen LogP contribution in [0.15, 0.2) is 17.8 Å². The first-order valence-electron chi connectivity index (χ1n) is 5.60. The fourth-order valence-corrected chi connectivity index (χ4v) is 2.38. The molecule has 0 radical (unpaired) electrons. The maximum absolute atomic E-state index is 10.8. The number of carboxylic acid groups (broad SMARTS) is 1. The topological polar surface area (TPSA) is 97.3 Å². The van der Waals surface area contributed by atoms with E-state index in [1.165, 1.54) is 11.3 Å². The van der Waals surface area contributed by atoms with E-state index in [2.05, 4.69) is 9.97 Å². The van der Waals surface area contributed by atoms with Gasteiger partial charge in [0.15, 0.2) is 5.13 Å². The SMILES string of the molecule is CN(Cc1nccn1C)c1nc(C(N)C(=O)O)cs1. The highest BCUT2D eigenvalue weighted by Gasteiger charge is 2.19. The second kappa shape index (κ2) is 5.37. The normalized spacial score (nSPS) is 12.4. The van der Waals surface area contributed by atoms with Gasteiger partial charge < -0.3 is 20.3 Å². The molecule has 0 amide bonds. The van der Waals surface area contributed by atoms with Gasteiger partial charge in [0.05, 0.1) is 12.2 Å². The van der Waals surface area contributed by atoms with Crippen LogP contribution < -0.4 is 10.6 Å². The maximum atomic E-state index is 10.8. The fraction of sp³-hybridized carbons (Fsp3) is 0.364. The number of aromatic nitrogens is 3. The Morgan fingerprint density at radius 2 is 2.42 bits per heavy atom. The first-order chi connectivity index (χ1) is 8.99. The maximum Gasteiger partial charge on any atom is 0.326 e. The summed E-state index contributed by atoms with van der Waals surface area (Å²) in [6, 6.07) is -1.08. The van der Waals surface area contributed by atoms with Gasteiger partial charge in [-0.3, -0.25) is 4.79 Å². The Morgan fingerprint density at radius 3 is 3.00 bits per heavy atom. The zero-order valence-corrected chi connectivity index (χ0v) is 11.5. The highest BCUT2D eigenvalue weighted by Crippen LogP contribution is 2.23. The van der Waals surface area contributed by atoms with Crippen LogP contribution in [0.2, 0.25) is 0 Å². The van der Waals surface area contributed by atoms with E-state index in [0.29, 0.717) is 12.2 Å². The number of hydrogen-bond donors (Lipinski definition) is 2. The van der Waals surface area contributed by atoms with E-state index < -0.39 is 12.0 Å². The predicted octanol–water partition coefficient (Wildman–Crippen LogP) is 0.597. The summed E-state index contributed by atoms with van der Waals surface area (Å²) in [5.41, 5.74) is 5.90. The molecule has 0 saturated heterocycles. The lowest BCUT2D eigenvalue weighted by Crippen LogP contribution is -2.22. The molecule has 0 aliphatic rings. The van der Waals surface area contributed by atoms with Gasteiger partial charge in [-0.05, 0) is 0 Å². The minimum atomic E-state index is -1.08. The van der Waals surface area contributed by atoms with E-state index in [4.69, 9.17) is 10.8 Å². The summed E-state index contributed by atoms with van der Waals surface area (Å²) in [6.45, 7) is 0.596. The molecule has 19 heavy (non-hydrogen) atoms. The average Bonchev–Trinajstić information content (AvgIpc) is 2.98. The lowest BCUT2D eigenvalue weighted by atomic mass is 10.2. The van der Waals surface area contributed by atoms with Gasteiger partial charge in [-0.25, -0.2) is 9.97 Å². The van der Waals surface area contributed by atoms with Crippen molar-refractivity contribution in [1.82, 2.24) is 14.5 Å². The summed E-state index contributed by atoms with van der Waals surface area (Å²) >= 11 is 1.37. The molecule has 0 aliphatic heterocycles. The molecule has 2 rings (SSSR count). The van der Waals surface area contributed by atoms with Crippen molar-refractivity contribution < 1.29 is 9.90 Å². The van der Waals surface area contributed by atoms with Crippen molar-refractivity contribution in [2.45, 2.75) is 12.6 Å². The largest absolute Gasteiger partial charge is 0.480 e. The van der Waals surface area contributed by atoms with Crippen molar-refractivity contribution in [3.63, 3.8) is 0 Å². The van der Waals surface area contributed by atoms with Crippen LogP contribution in [0.5, 0.6) is 0 Å². The number of imidazole rings is 1. The third-order valence-electron chi connectivity index (χ3n) is 2.72. The number of anilines is 1.